The van der Waals surface area contributed by atoms with E-state index in [9.17, 15) is 25.3 Å². The highest BCUT2D eigenvalue weighted by Crippen LogP contribution is 2.30. The number of nitro benzene ring substituents is 2. The van der Waals surface area contributed by atoms with E-state index in [1.54, 1.807) is 0 Å². The Morgan fingerprint density at radius 2 is 1.64 bits per heavy atom. The van der Waals surface area contributed by atoms with Gasteiger partial charge in [0.2, 0.25) is 0 Å². The summed E-state index contributed by atoms with van der Waals surface area (Å²) < 4.78 is 0.513. The summed E-state index contributed by atoms with van der Waals surface area (Å²) in [5.74, 6) is -0.184. The van der Waals surface area contributed by atoms with Crippen molar-refractivity contribution in [3.05, 3.63) is 66.7 Å². The fraction of sp³-hybridized carbons (Fsp3) is 0. The summed E-state index contributed by atoms with van der Waals surface area (Å²) in [6, 6.07) is 7.53. The molecule has 0 saturated carbocycles. The molecule has 112 valence electrons. The molecule has 0 bridgehead atoms. The molecule has 22 heavy (non-hydrogen) atoms. The molecule has 0 amide bonds. The lowest BCUT2D eigenvalue weighted by Crippen LogP contribution is -1.91. The normalized spacial score (nSPS) is 10.8. The van der Waals surface area contributed by atoms with Crippen molar-refractivity contribution in [3.63, 3.8) is 0 Å². The van der Waals surface area contributed by atoms with E-state index in [2.05, 4.69) is 20.9 Å². The second kappa shape index (κ2) is 6.31. The summed E-state index contributed by atoms with van der Waals surface area (Å²) in [4.78, 5) is 24.3. The van der Waals surface area contributed by atoms with E-state index in [0.717, 1.165) is 12.1 Å². The fourth-order valence-corrected chi connectivity index (χ4v) is 1.96. The molecule has 0 atom stereocenters. The van der Waals surface area contributed by atoms with Crippen molar-refractivity contribution >= 4 is 39.2 Å². The highest BCUT2D eigenvalue weighted by molar-refractivity contribution is 9.10. The van der Waals surface area contributed by atoms with Crippen LogP contribution in [0.25, 0.3) is 0 Å². The first-order chi connectivity index (χ1) is 10.4. The average molecular weight is 366 g/mol. The molecular weight excluding hydrogens is 358 g/mol. The van der Waals surface area contributed by atoms with Crippen LogP contribution in [0.5, 0.6) is 5.75 Å². The maximum absolute atomic E-state index is 10.7. The maximum Gasteiger partial charge on any atom is 0.271 e. The summed E-state index contributed by atoms with van der Waals surface area (Å²) in [5.41, 5.74) is 0.0590. The predicted octanol–water partition coefficient (Wildman–Crippen LogP) is 3.72. The minimum atomic E-state index is -0.597. The van der Waals surface area contributed by atoms with Crippen LogP contribution in [0, 0.1) is 20.2 Å². The molecule has 2 rings (SSSR count). The zero-order valence-electron chi connectivity index (χ0n) is 10.8. The van der Waals surface area contributed by atoms with Crippen LogP contribution in [0.2, 0.25) is 0 Å². The molecule has 0 aliphatic heterocycles. The van der Waals surface area contributed by atoms with E-state index in [1.807, 2.05) is 0 Å². The number of aliphatic imine (C=N–C) groups is 1. The summed E-state index contributed by atoms with van der Waals surface area (Å²) in [6.45, 7) is 0. The number of rotatable bonds is 4. The maximum atomic E-state index is 10.7. The number of non-ortho nitro benzene ring substituents is 2. The third kappa shape index (κ3) is 3.44. The molecule has 1 N–H and O–H groups in total. The van der Waals surface area contributed by atoms with Gasteiger partial charge in [0.1, 0.15) is 5.75 Å². The Labute approximate surface area is 132 Å². The number of hydrogen-bond acceptors (Lipinski definition) is 6. The van der Waals surface area contributed by atoms with Gasteiger partial charge in [-0.1, -0.05) is 0 Å². The minimum absolute atomic E-state index is 0.132. The second-order valence-electron chi connectivity index (χ2n) is 4.15. The fourth-order valence-electron chi connectivity index (χ4n) is 1.61. The van der Waals surface area contributed by atoms with Gasteiger partial charge in [-0.15, -0.1) is 0 Å². The lowest BCUT2D eigenvalue weighted by Gasteiger charge is -2.00. The molecular formula is C13H8BrN3O5. The molecule has 0 aliphatic rings. The van der Waals surface area contributed by atoms with Crippen molar-refractivity contribution in [1.29, 1.82) is 0 Å². The van der Waals surface area contributed by atoms with E-state index in [4.69, 9.17) is 0 Å². The van der Waals surface area contributed by atoms with Crippen LogP contribution >= 0.6 is 15.9 Å². The summed E-state index contributed by atoms with van der Waals surface area (Å²) in [6.07, 6.45) is 1.20. The number of nitrogens with zero attached hydrogens (tertiary/aromatic N) is 3. The zero-order chi connectivity index (χ0) is 16.3. The van der Waals surface area contributed by atoms with Crippen molar-refractivity contribution in [1.82, 2.24) is 0 Å². The Balaban J connectivity index is 2.40. The van der Waals surface area contributed by atoms with E-state index in [-0.39, 0.29) is 28.4 Å². The van der Waals surface area contributed by atoms with Gasteiger partial charge < -0.3 is 5.11 Å². The van der Waals surface area contributed by atoms with Crippen LogP contribution in [-0.2, 0) is 0 Å². The van der Waals surface area contributed by atoms with Crippen LogP contribution in [0.15, 0.2) is 45.9 Å². The van der Waals surface area contributed by atoms with Gasteiger partial charge in [-0.25, -0.2) is 0 Å². The first-order valence-corrected chi connectivity index (χ1v) is 6.63. The monoisotopic (exact) mass is 365 g/mol. The first-order valence-electron chi connectivity index (χ1n) is 5.84. The molecule has 0 saturated heterocycles. The predicted molar refractivity (Wildman–Crippen MR) is 82.8 cm³/mol. The average Bonchev–Trinajstić information content (AvgIpc) is 2.47. The Kier molecular flexibility index (Phi) is 4.47. The smallest absolute Gasteiger partial charge is 0.271 e. The quantitative estimate of drug-likeness (QED) is 0.502. The Morgan fingerprint density at radius 1 is 1.05 bits per heavy atom. The Hall–Kier alpha value is -2.81. The van der Waals surface area contributed by atoms with Gasteiger partial charge in [-0.3, -0.25) is 25.2 Å². The van der Waals surface area contributed by atoms with Crippen molar-refractivity contribution in [2.24, 2.45) is 4.99 Å². The molecule has 9 heteroatoms. The number of benzene rings is 2. The van der Waals surface area contributed by atoms with Crippen LogP contribution in [0.4, 0.5) is 17.1 Å². The van der Waals surface area contributed by atoms with Gasteiger partial charge in [-0.2, -0.15) is 0 Å². The van der Waals surface area contributed by atoms with Crippen LogP contribution in [0.1, 0.15) is 5.56 Å². The van der Waals surface area contributed by atoms with Gasteiger partial charge in [0, 0.05) is 40.5 Å². The van der Waals surface area contributed by atoms with E-state index in [0.29, 0.717) is 4.47 Å². The third-order valence-corrected chi connectivity index (χ3v) is 3.38. The Bertz CT molecular complexity index is 726. The highest BCUT2D eigenvalue weighted by atomic mass is 79.9. The Morgan fingerprint density at radius 3 is 2.27 bits per heavy atom. The zero-order valence-corrected chi connectivity index (χ0v) is 12.4. The van der Waals surface area contributed by atoms with E-state index in [1.165, 1.54) is 30.5 Å². The molecule has 0 aliphatic carbocycles. The number of hydrogen-bond donors (Lipinski definition) is 1. The lowest BCUT2D eigenvalue weighted by molar-refractivity contribution is -0.385. The molecule has 0 aromatic heterocycles. The second-order valence-corrected chi connectivity index (χ2v) is 5.01. The number of halogens is 1. The molecule has 0 heterocycles. The lowest BCUT2D eigenvalue weighted by atomic mass is 10.2. The molecule has 0 unspecified atom stereocenters. The summed E-state index contributed by atoms with van der Waals surface area (Å²) in [5, 5.41) is 31.1. The van der Waals surface area contributed by atoms with Crippen LogP contribution in [0.3, 0.4) is 0 Å². The van der Waals surface area contributed by atoms with Crippen LogP contribution in [-0.4, -0.2) is 21.2 Å². The summed E-state index contributed by atoms with van der Waals surface area (Å²) in [7, 11) is 0. The van der Waals surface area contributed by atoms with Gasteiger partial charge in [0.25, 0.3) is 11.4 Å². The van der Waals surface area contributed by atoms with Gasteiger partial charge in [0.15, 0.2) is 0 Å². The number of phenols is 1. The molecule has 0 spiro atoms. The largest absolute Gasteiger partial charge is 0.507 e. The minimum Gasteiger partial charge on any atom is -0.507 e. The van der Waals surface area contributed by atoms with Crippen molar-refractivity contribution in [2.45, 2.75) is 0 Å². The SMILES string of the molecule is O=[N+]([O-])c1ccc(O)c(C=Nc2cc([N+](=O)[O-])ccc2Br)c1. The number of aromatic hydroxyl groups is 1. The molecule has 0 fully saturated rings. The molecule has 0 radical (unpaired) electrons. The first kappa shape index (κ1) is 15.6. The number of phenolic OH excluding ortho intramolecular Hbond substituents is 1. The topological polar surface area (TPSA) is 119 Å². The molecule has 2 aromatic carbocycles. The third-order valence-electron chi connectivity index (χ3n) is 2.71. The molecule has 8 nitrogen and oxygen atoms in total. The molecule has 2 aromatic rings. The van der Waals surface area contributed by atoms with Gasteiger partial charge >= 0.3 is 0 Å². The van der Waals surface area contributed by atoms with Crippen molar-refractivity contribution in [3.8, 4) is 5.75 Å². The van der Waals surface area contributed by atoms with Crippen molar-refractivity contribution in [2.75, 3.05) is 0 Å². The highest BCUT2D eigenvalue weighted by Gasteiger charge is 2.11. The van der Waals surface area contributed by atoms with E-state index < -0.39 is 9.85 Å². The summed E-state index contributed by atoms with van der Waals surface area (Å²) >= 11 is 3.20. The van der Waals surface area contributed by atoms with Crippen LogP contribution < -0.4 is 0 Å². The van der Waals surface area contributed by atoms with Gasteiger partial charge in [0.05, 0.1) is 15.5 Å². The van der Waals surface area contributed by atoms with Crippen molar-refractivity contribution < 1.29 is 15.0 Å². The van der Waals surface area contributed by atoms with Gasteiger partial charge in [-0.05, 0) is 28.1 Å². The number of nitro groups is 2. The van der Waals surface area contributed by atoms with E-state index >= 15 is 0 Å². The standard InChI is InChI=1S/C13H8BrN3O5/c14-11-3-1-10(17(21)22)6-12(11)15-7-8-5-9(16(19)20)2-4-13(8)18/h1-7,18H.